The van der Waals surface area contributed by atoms with Crippen molar-refractivity contribution in [1.29, 1.82) is 0 Å². The molecule has 0 N–H and O–H groups in total. The second kappa shape index (κ2) is 9.28. The second-order valence-corrected chi connectivity index (χ2v) is 8.25. The molecule has 0 saturated carbocycles. The SMILES string of the molecule is CCCCCC[CH2][Sn][Br]. The molecule has 0 atom stereocenters. The third kappa shape index (κ3) is 9.28. The van der Waals surface area contributed by atoms with Gasteiger partial charge in [-0.25, -0.2) is 0 Å². The summed E-state index contributed by atoms with van der Waals surface area (Å²) < 4.78 is 1.52. The van der Waals surface area contributed by atoms with Crippen molar-refractivity contribution >= 4 is 31.6 Å². The van der Waals surface area contributed by atoms with Crippen molar-refractivity contribution in [1.82, 2.24) is 0 Å². The van der Waals surface area contributed by atoms with E-state index in [1.807, 2.05) is 0 Å². The van der Waals surface area contributed by atoms with Crippen molar-refractivity contribution in [3.8, 4) is 0 Å². The van der Waals surface area contributed by atoms with Gasteiger partial charge >= 0.3 is 75.1 Å². The van der Waals surface area contributed by atoms with Gasteiger partial charge in [0.15, 0.2) is 0 Å². The van der Waals surface area contributed by atoms with Gasteiger partial charge in [0, 0.05) is 0 Å². The summed E-state index contributed by atoms with van der Waals surface area (Å²) in [5.41, 5.74) is 0. The molecule has 54 valence electrons. The number of rotatable bonds is 6. The summed E-state index contributed by atoms with van der Waals surface area (Å²) in [4.78, 5) is 0. The first-order valence-electron chi connectivity index (χ1n) is 3.75. The Morgan fingerprint density at radius 1 is 1.11 bits per heavy atom. The Balaban J connectivity index is 2.60. The predicted octanol–water partition coefficient (Wildman–Crippen LogP) is 3.39. The molecule has 0 heterocycles. The first-order chi connectivity index (χ1) is 4.41. The molecule has 0 bridgehead atoms. The Morgan fingerprint density at radius 2 is 1.78 bits per heavy atom. The van der Waals surface area contributed by atoms with Gasteiger partial charge in [0.2, 0.25) is 0 Å². The number of hydrogen-bond acceptors (Lipinski definition) is 0. The molecule has 0 aromatic carbocycles. The van der Waals surface area contributed by atoms with Crippen LogP contribution in [-0.4, -0.2) is 18.9 Å². The van der Waals surface area contributed by atoms with Crippen LogP contribution in [0.3, 0.4) is 0 Å². The number of halogens is 1. The molecule has 2 radical (unpaired) electrons. The number of hydrogen-bond donors (Lipinski definition) is 0. The maximum atomic E-state index is 3.59. The topological polar surface area (TPSA) is 0 Å². The standard InChI is InChI=1S/C7H15.BrH.Sn/c1-3-5-7-6-4-2;;/h1,3-7H2,2H3;1H;/q;;+1/p-1. The molecule has 0 aromatic heterocycles. The molecule has 9 heavy (non-hydrogen) atoms. The summed E-state index contributed by atoms with van der Waals surface area (Å²) in [6.07, 6.45) is 7.22. The van der Waals surface area contributed by atoms with E-state index in [0.717, 1.165) is 0 Å². The van der Waals surface area contributed by atoms with Crippen LogP contribution in [-0.2, 0) is 0 Å². The zero-order chi connectivity index (χ0) is 6.95. The summed E-state index contributed by atoms with van der Waals surface area (Å²) in [7, 11) is 0. The Kier molecular flexibility index (Phi) is 10.6. The molecule has 0 aliphatic heterocycles. The quantitative estimate of drug-likeness (QED) is 0.521. The Bertz CT molecular complexity index is 42.2. The van der Waals surface area contributed by atoms with E-state index in [1.165, 1.54) is 36.5 Å². The van der Waals surface area contributed by atoms with E-state index in [-0.39, 0.29) is 18.9 Å². The molecule has 0 spiro atoms. The summed E-state index contributed by atoms with van der Waals surface area (Å²) in [6.45, 7) is 2.27. The van der Waals surface area contributed by atoms with Crippen molar-refractivity contribution in [3.63, 3.8) is 0 Å². The monoisotopic (exact) mass is 298 g/mol. The Hall–Kier alpha value is 1.28. The average Bonchev–Trinajstić information content (AvgIpc) is 1.89. The summed E-state index contributed by atoms with van der Waals surface area (Å²) in [5, 5.41) is 0. The first-order valence-corrected chi connectivity index (χ1v) is 12.2. The molecule has 0 aliphatic rings. The van der Waals surface area contributed by atoms with Crippen LogP contribution < -0.4 is 0 Å². The molecular weight excluding hydrogens is 283 g/mol. The molecule has 0 nitrogen and oxygen atoms in total. The van der Waals surface area contributed by atoms with Gasteiger partial charge in [-0.1, -0.05) is 0 Å². The van der Waals surface area contributed by atoms with Gasteiger partial charge in [-0.15, -0.1) is 0 Å². The molecule has 0 rings (SSSR count). The minimum absolute atomic E-state index is 0.0290. The average molecular weight is 298 g/mol. The predicted molar refractivity (Wildman–Crippen MR) is 48.2 cm³/mol. The van der Waals surface area contributed by atoms with Gasteiger partial charge in [0.1, 0.15) is 0 Å². The van der Waals surface area contributed by atoms with Crippen molar-refractivity contribution in [2.45, 2.75) is 43.5 Å². The Morgan fingerprint density at radius 3 is 2.33 bits per heavy atom. The number of unbranched alkanes of at least 4 members (excludes halogenated alkanes) is 4. The van der Waals surface area contributed by atoms with Gasteiger partial charge in [0.05, 0.1) is 0 Å². The van der Waals surface area contributed by atoms with Crippen molar-refractivity contribution in [2.24, 2.45) is 0 Å². The minimum atomic E-state index is -0.0290. The summed E-state index contributed by atoms with van der Waals surface area (Å²) in [6, 6.07) is 0. The van der Waals surface area contributed by atoms with Crippen LogP contribution in [0.5, 0.6) is 0 Å². The van der Waals surface area contributed by atoms with Gasteiger partial charge in [-0.3, -0.25) is 0 Å². The third-order valence-corrected chi connectivity index (χ3v) is 5.58. The fourth-order valence-electron chi connectivity index (χ4n) is 0.795. The summed E-state index contributed by atoms with van der Waals surface area (Å²) in [5.74, 6) is 0. The van der Waals surface area contributed by atoms with Gasteiger partial charge < -0.3 is 0 Å². The third-order valence-electron chi connectivity index (χ3n) is 1.37. The summed E-state index contributed by atoms with van der Waals surface area (Å²) >= 11 is 3.56. The van der Waals surface area contributed by atoms with E-state index < -0.39 is 0 Å². The molecule has 0 fully saturated rings. The van der Waals surface area contributed by atoms with Gasteiger partial charge in [-0.05, 0) is 0 Å². The van der Waals surface area contributed by atoms with E-state index in [4.69, 9.17) is 0 Å². The van der Waals surface area contributed by atoms with Crippen LogP contribution >= 0.6 is 12.7 Å². The van der Waals surface area contributed by atoms with Crippen LogP contribution in [0.15, 0.2) is 0 Å². The van der Waals surface area contributed by atoms with E-state index in [9.17, 15) is 0 Å². The molecule has 0 aliphatic carbocycles. The van der Waals surface area contributed by atoms with Crippen LogP contribution in [0.1, 0.15) is 39.0 Å². The first kappa shape index (κ1) is 10.3. The van der Waals surface area contributed by atoms with Crippen molar-refractivity contribution < 1.29 is 0 Å². The maximum absolute atomic E-state index is 3.59. The van der Waals surface area contributed by atoms with Crippen LogP contribution in [0, 0.1) is 0 Å². The van der Waals surface area contributed by atoms with E-state index in [0.29, 0.717) is 0 Å². The molecule has 0 saturated heterocycles. The molecule has 0 aromatic rings. The normalized spacial score (nSPS) is 10.0. The molecular formula is C7H15BrSn. The molecule has 2 heteroatoms. The zero-order valence-electron chi connectivity index (χ0n) is 6.12. The van der Waals surface area contributed by atoms with Crippen LogP contribution in [0.4, 0.5) is 0 Å². The zero-order valence-corrected chi connectivity index (χ0v) is 10.6. The molecule has 0 amide bonds. The second-order valence-electron chi connectivity index (χ2n) is 2.30. The van der Waals surface area contributed by atoms with Crippen molar-refractivity contribution in [3.05, 3.63) is 0 Å². The van der Waals surface area contributed by atoms with Crippen molar-refractivity contribution in [2.75, 3.05) is 0 Å². The van der Waals surface area contributed by atoms with E-state index >= 15 is 0 Å². The van der Waals surface area contributed by atoms with Gasteiger partial charge in [-0.2, -0.15) is 0 Å². The van der Waals surface area contributed by atoms with E-state index in [2.05, 4.69) is 19.6 Å². The Labute approximate surface area is 74.8 Å². The molecule has 0 unspecified atom stereocenters. The van der Waals surface area contributed by atoms with E-state index in [1.54, 1.807) is 0 Å². The van der Waals surface area contributed by atoms with Crippen LogP contribution in [0.25, 0.3) is 0 Å². The van der Waals surface area contributed by atoms with Crippen LogP contribution in [0.2, 0.25) is 4.44 Å². The van der Waals surface area contributed by atoms with Gasteiger partial charge in [0.25, 0.3) is 0 Å². The fraction of sp³-hybridized carbons (Fsp3) is 1.00. The fourth-order valence-corrected chi connectivity index (χ4v) is 3.77.